The Hall–Kier alpha value is -0.530. The second kappa shape index (κ2) is 3.74. The number of hydrogen-bond donors (Lipinski definition) is 0. The molecule has 64 valence electrons. The molecule has 0 saturated carbocycles. The third-order valence-electron chi connectivity index (χ3n) is 2.26. The Labute approximate surface area is 68.6 Å². The minimum Gasteiger partial charge on any atom is -0.343 e. The highest BCUT2D eigenvalue weighted by atomic mass is 16.2. The molecular weight excluding hydrogens is 138 g/mol. The smallest absolute Gasteiger partial charge is 0.222 e. The number of carbonyl (C=O) groups is 1. The molecule has 11 heavy (non-hydrogen) atoms. The zero-order chi connectivity index (χ0) is 8.27. The molecule has 0 aliphatic carbocycles. The average molecular weight is 155 g/mol. The van der Waals surface area contributed by atoms with Crippen molar-refractivity contribution < 1.29 is 4.79 Å². The van der Waals surface area contributed by atoms with E-state index in [0.717, 1.165) is 25.9 Å². The van der Waals surface area contributed by atoms with Gasteiger partial charge in [0.1, 0.15) is 0 Å². The Morgan fingerprint density at radius 3 is 2.91 bits per heavy atom. The monoisotopic (exact) mass is 155 g/mol. The van der Waals surface area contributed by atoms with Crippen molar-refractivity contribution in [1.29, 1.82) is 0 Å². The van der Waals surface area contributed by atoms with E-state index in [1.54, 1.807) is 0 Å². The van der Waals surface area contributed by atoms with Gasteiger partial charge in [-0.3, -0.25) is 4.79 Å². The van der Waals surface area contributed by atoms with Gasteiger partial charge < -0.3 is 4.90 Å². The van der Waals surface area contributed by atoms with Gasteiger partial charge in [0.05, 0.1) is 0 Å². The van der Waals surface area contributed by atoms with E-state index < -0.39 is 0 Å². The molecule has 2 nitrogen and oxygen atoms in total. The van der Waals surface area contributed by atoms with Crippen LogP contribution in [0.25, 0.3) is 0 Å². The van der Waals surface area contributed by atoms with Crippen LogP contribution in [0.3, 0.4) is 0 Å². The van der Waals surface area contributed by atoms with Gasteiger partial charge in [-0.15, -0.1) is 0 Å². The first-order valence-corrected chi connectivity index (χ1v) is 4.51. The van der Waals surface area contributed by atoms with E-state index in [-0.39, 0.29) is 0 Å². The third kappa shape index (κ3) is 2.21. The minimum absolute atomic E-state index is 0.352. The van der Waals surface area contributed by atoms with E-state index in [0.29, 0.717) is 11.8 Å². The Kier molecular flexibility index (Phi) is 2.92. The summed E-state index contributed by atoms with van der Waals surface area (Å²) >= 11 is 0. The minimum atomic E-state index is 0.352. The van der Waals surface area contributed by atoms with Crippen molar-refractivity contribution in [2.24, 2.45) is 5.92 Å². The standard InChI is InChI=1S/C9H17NO/c1-3-5-10-6-4-8(2)7-9(10)11/h8H,3-7H2,1-2H3. The summed E-state index contributed by atoms with van der Waals surface area (Å²) in [5.41, 5.74) is 0. The Bertz CT molecular complexity index is 144. The van der Waals surface area contributed by atoms with Crippen LogP contribution in [0, 0.1) is 5.92 Å². The van der Waals surface area contributed by atoms with Crippen molar-refractivity contribution >= 4 is 5.91 Å². The Balaban J connectivity index is 2.38. The zero-order valence-electron chi connectivity index (χ0n) is 7.47. The van der Waals surface area contributed by atoms with Gasteiger partial charge in [-0.2, -0.15) is 0 Å². The van der Waals surface area contributed by atoms with Crippen LogP contribution in [0.2, 0.25) is 0 Å². The van der Waals surface area contributed by atoms with Crippen LogP contribution in [-0.2, 0) is 4.79 Å². The molecule has 1 heterocycles. The quantitative estimate of drug-likeness (QED) is 0.594. The van der Waals surface area contributed by atoms with E-state index in [4.69, 9.17) is 0 Å². The summed E-state index contributed by atoms with van der Waals surface area (Å²) < 4.78 is 0. The average Bonchev–Trinajstić information content (AvgIpc) is 1.95. The highest BCUT2D eigenvalue weighted by Gasteiger charge is 2.21. The lowest BCUT2D eigenvalue weighted by molar-refractivity contribution is -0.134. The topological polar surface area (TPSA) is 20.3 Å². The van der Waals surface area contributed by atoms with E-state index in [9.17, 15) is 4.79 Å². The van der Waals surface area contributed by atoms with E-state index >= 15 is 0 Å². The maximum absolute atomic E-state index is 11.3. The van der Waals surface area contributed by atoms with Crippen LogP contribution in [0.1, 0.15) is 33.1 Å². The molecule has 1 atom stereocenters. The first kappa shape index (κ1) is 8.57. The molecule has 0 aromatic rings. The Morgan fingerprint density at radius 1 is 1.64 bits per heavy atom. The largest absolute Gasteiger partial charge is 0.343 e. The summed E-state index contributed by atoms with van der Waals surface area (Å²) in [5.74, 6) is 0.959. The molecule has 1 fully saturated rings. The predicted molar refractivity (Wildman–Crippen MR) is 45.3 cm³/mol. The van der Waals surface area contributed by atoms with Gasteiger partial charge in [-0.05, 0) is 18.8 Å². The maximum Gasteiger partial charge on any atom is 0.222 e. The summed E-state index contributed by atoms with van der Waals surface area (Å²) in [4.78, 5) is 13.3. The van der Waals surface area contributed by atoms with Crippen molar-refractivity contribution in [3.05, 3.63) is 0 Å². The lowest BCUT2D eigenvalue weighted by Crippen LogP contribution is -2.38. The van der Waals surface area contributed by atoms with Gasteiger partial charge in [0, 0.05) is 19.5 Å². The van der Waals surface area contributed by atoms with E-state index in [1.807, 2.05) is 4.90 Å². The molecule has 1 unspecified atom stereocenters. The number of piperidine rings is 1. The SMILES string of the molecule is CCCN1CCC(C)CC1=O. The van der Waals surface area contributed by atoms with Crippen LogP contribution in [0.15, 0.2) is 0 Å². The molecule has 0 bridgehead atoms. The molecule has 2 heteroatoms. The first-order chi connectivity index (χ1) is 5.24. The number of carbonyl (C=O) groups excluding carboxylic acids is 1. The van der Waals surface area contributed by atoms with Crippen LogP contribution in [-0.4, -0.2) is 23.9 Å². The number of rotatable bonds is 2. The predicted octanol–water partition coefficient (Wildman–Crippen LogP) is 1.65. The molecule has 1 rings (SSSR count). The molecule has 0 N–H and O–H groups in total. The molecule has 1 aliphatic heterocycles. The highest BCUT2D eigenvalue weighted by Crippen LogP contribution is 2.16. The van der Waals surface area contributed by atoms with Crippen molar-refractivity contribution in [3.8, 4) is 0 Å². The molecule has 1 aliphatic rings. The third-order valence-corrected chi connectivity index (χ3v) is 2.26. The second-order valence-corrected chi connectivity index (χ2v) is 3.48. The van der Waals surface area contributed by atoms with Gasteiger partial charge in [0.2, 0.25) is 5.91 Å². The van der Waals surface area contributed by atoms with Gasteiger partial charge in [0.25, 0.3) is 0 Å². The van der Waals surface area contributed by atoms with Gasteiger partial charge in [-0.25, -0.2) is 0 Å². The van der Waals surface area contributed by atoms with Gasteiger partial charge in [-0.1, -0.05) is 13.8 Å². The van der Waals surface area contributed by atoms with Crippen LogP contribution in [0.5, 0.6) is 0 Å². The molecule has 0 aromatic heterocycles. The summed E-state index contributed by atoms with van der Waals surface area (Å²) in [7, 11) is 0. The summed E-state index contributed by atoms with van der Waals surface area (Å²) in [6.07, 6.45) is 3.03. The number of nitrogens with zero attached hydrogens (tertiary/aromatic N) is 1. The second-order valence-electron chi connectivity index (χ2n) is 3.48. The number of hydrogen-bond acceptors (Lipinski definition) is 1. The highest BCUT2D eigenvalue weighted by molar-refractivity contribution is 5.77. The molecule has 1 amide bonds. The fourth-order valence-corrected chi connectivity index (χ4v) is 1.54. The normalized spacial score (nSPS) is 25.8. The molecule has 0 aromatic carbocycles. The van der Waals surface area contributed by atoms with Crippen molar-refractivity contribution in [1.82, 2.24) is 4.90 Å². The van der Waals surface area contributed by atoms with Crippen molar-refractivity contribution in [2.75, 3.05) is 13.1 Å². The van der Waals surface area contributed by atoms with Crippen molar-refractivity contribution in [2.45, 2.75) is 33.1 Å². The molecule has 0 spiro atoms. The van der Waals surface area contributed by atoms with E-state index in [1.165, 1.54) is 6.42 Å². The van der Waals surface area contributed by atoms with Crippen LogP contribution >= 0.6 is 0 Å². The number of amides is 1. The zero-order valence-corrected chi connectivity index (χ0v) is 7.47. The fourth-order valence-electron chi connectivity index (χ4n) is 1.54. The fraction of sp³-hybridized carbons (Fsp3) is 0.889. The molecular formula is C9H17NO. The maximum atomic E-state index is 11.3. The van der Waals surface area contributed by atoms with Crippen molar-refractivity contribution in [3.63, 3.8) is 0 Å². The van der Waals surface area contributed by atoms with E-state index in [2.05, 4.69) is 13.8 Å². The first-order valence-electron chi connectivity index (χ1n) is 4.51. The van der Waals surface area contributed by atoms with Gasteiger partial charge >= 0.3 is 0 Å². The lowest BCUT2D eigenvalue weighted by atomic mass is 9.98. The van der Waals surface area contributed by atoms with Gasteiger partial charge in [0.15, 0.2) is 0 Å². The Morgan fingerprint density at radius 2 is 2.36 bits per heavy atom. The lowest BCUT2D eigenvalue weighted by Gasteiger charge is -2.29. The summed E-state index contributed by atoms with van der Waals surface area (Å²) in [6.45, 7) is 6.20. The van der Waals surface area contributed by atoms with Crippen LogP contribution < -0.4 is 0 Å². The molecule has 0 radical (unpaired) electrons. The molecule has 1 saturated heterocycles. The summed E-state index contributed by atoms with van der Waals surface area (Å²) in [5, 5.41) is 0. The van der Waals surface area contributed by atoms with Crippen LogP contribution in [0.4, 0.5) is 0 Å². The number of likely N-dealkylation sites (tertiary alicyclic amines) is 1. The summed E-state index contributed by atoms with van der Waals surface area (Å²) in [6, 6.07) is 0.